The Morgan fingerprint density at radius 1 is 0.355 bits per heavy atom. The predicted molar refractivity (Wildman–Crippen MR) is 454 cm³/mol. The number of anilines is 9. The molecule has 4 nitrogen and oxygen atoms in total. The highest BCUT2D eigenvalue weighted by Crippen LogP contribution is 2.58. The van der Waals surface area contributed by atoms with Gasteiger partial charge in [-0.1, -0.05) is 308 Å². The first-order chi connectivity index (χ1) is 52.3. The highest BCUT2D eigenvalue weighted by atomic mass is 15.2. The normalized spacial score (nSPS) is 16.8. The van der Waals surface area contributed by atoms with Gasteiger partial charge >= 0.3 is 0 Å². The molecule has 3 heterocycles. The fraction of sp³-hybridized carbons (Fsp3) is 0.118. The van der Waals surface area contributed by atoms with Gasteiger partial charge in [0, 0.05) is 73.8 Å². The van der Waals surface area contributed by atoms with Gasteiger partial charge in [0.1, 0.15) is 0 Å². The van der Waals surface area contributed by atoms with E-state index in [0.717, 1.165) is 68.7 Å². The van der Waals surface area contributed by atoms with Gasteiger partial charge in [-0.2, -0.15) is 0 Å². The average Bonchev–Trinajstić information content (AvgIpc) is 0.870. The number of allylic oxidation sites excluding steroid dienone is 12. The Hall–Kier alpha value is -12.4. The van der Waals surface area contributed by atoms with E-state index in [1.165, 1.54) is 116 Å². The molecule has 1 aromatic heterocycles. The van der Waals surface area contributed by atoms with Gasteiger partial charge in [-0.05, 0) is 208 Å². The number of benzene rings is 13. The van der Waals surface area contributed by atoms with Gasteiger partial charge in [-0.15, -0.1) is 0 Å². The van der Waals surface area contributed by atoms with Crippen LogP contribution in [0.5, 0.6) is 0 Å². The van der Waals surface area contributed by atoms with Crippen molar-refractivity contribution in [1.82, 2.24) is 4.57 Å². The molecule has 0 spiro atoms. The van der Waals surface area contributed by atoms with Crippen molar-refractivity contribution >= 4 is 102 Å². The van der Waals surface area contributed by atoms with Crippen molar-refractivity contribution in [3.8, 4) is 50.2 Å². The summed E-state index contributed by atoms with van der Waals surface area (Å²) in [6.07, 6.45) is 16.5. The molecule has 0 bridgehead atoms. The summed E-state index contributed by atoms with van der Waals surface area (Å²) in [6, 6.07) is 118. The molecule has 5 heteroatoms. The summed E-state index contributed by atoms with van der Waals surface area (Å²) in [5.74, 6) is 0.986. The van der Waals surface area contributed by atoms with Crippen molar-refractivity contribution in [2.45, 2.75) is 48.0 Å². The fourth-order valence-electron chi connectivity index (χ4n) is 18.3. The van der Waals surface area contributed by atoms with Gasteiger partial charge in [0.05, 0.1) is 16.7 Å². The van der Waals surface area contributed by atoms with Crippen molar-refractivity contribution in [2.24, 2.45) is 28.6 Å². The molecule has 20 rings (SSSR count). The van der Waals surface area contributed by atoms with Crippen LogP contribution in [0, 0.1) is 28.6 Å². The Kier molecular flexibility index (Phi) is 15.1. The highest BCUT2D eigenvalue weighted by molar-refractivity contribution is 7.00. The summed E-state index contributed by atoms with van der Waals surface area (Å²) in [5, 5.41) is 2.47. The molecular weight excluding hydrogens is 1290 g/mol. The van der Waals surface area contributed by atoms with Crippen LogP contribution in [-0.4, -0.2) is 11.3 Å². The van der Waals surface area contributed by atoms with Gasteiger partial charge in [0.15, 0.2) is 0 Å². The molecule has 0 radical (unpaired) electrons. The molecule has 0 fully saturated rings. The lowest BCUT2D eigenvalue weighted by Crippen LogP contribution is -2.61. The van der Waals surface area contributed by atoms with Gasteiger partial charge in [0.2, 0.25) is 0 Å². The summed E-state index contributed by atoms with van der Waals surface area (Å²) in [4.78, 5) is 7.74. The third-order valence-electron chi connectivity index (χ3n) is 23.7. The third-order valence-corrected chi connectivity index (χ3v) is 23.7. The van der Waals surface area contributed by atoms with Crippen LogP contribution in [0.4, 0.5) is 51.2 Å². The maximum absolute atomic E-state index is 2.65. The molecule has 107 heavy (non-hydrogen) atoms. The monoisotopic (exact) mass is 1370 g/mol. The van der Waals surface area contributed by atoms with Crippen LogP contribution in [0.3, 0.4) is 0 Å². The van der Waals surface area contributed by atoms with Crippen molar-refractivity contribution in [3.63, 3.8) is 0 Å². The van der Waals surface area contributed by atoms with Crippen LogP contribution < -0.4 is 31.1 Å². The molecule has 2 aliphatic heterocycles. The molecule has 512 valence electrons. The van der Waals surface area contributed by atoms with Crippen LogP contribution in [-0.2, 0) is 0 Å². The first-order valence-corrected chi connectivity index (χ1v) is 38.1. The van der Waals surface area contributed by atoms with E-state index in [9.17, 15) is 0 Å². The number of aromatic nitrogens is 1. The number of rotatable bonds is 11. The number of hydrogen-bond acceptors (Lipinski definition) is 3. The molecule has 14 aromatic rings. The van der Waals surface area contributed by atoms with E-state index < -0.39 is 0 Å². The fourth-order valence-corrected chi connectivity index (χ4v) is 18.3. The van der Waals surface area contributed by atoms with Crippen molar-refractivity contribution in [1.29, 1.82) is 0 Å². The maximum Gasteiger partial charge on any atom is 0.252 e. The minimum atomic E-state index is -0.200. The minimum Gasteiger partial charge on any atom is -0.311 e. The molecule has 0 saturated heterocycles. The van der Waals surface area contributed by atoms with Crippen LogP contribution in [0.1, 0.15) is 53.5 Å². The molecule has 3 unspecified atom stereocenters. The standard InChI is InChI=1S/C102H81BN4/c1-101(2,3)78-57-75-35-36-76-58-79(102(4,5)6)62-89-88(60-77(59-78)98(75)99(76)89)74-45-55-90-94(61-74)105(82-50-41-72(42-51-82)68-27-15-9-16-28-68)96-64-85(104(80-46-37-70(38-47-80)66-23-11-7-12-24-66)81-48-39-71(40-49-81)67-25-13-8-14-26-67)65-97-100(96)103(90)91-56-54-84(107-92-33-21-19-31-86(92)87-32-20-22-34-93(87)107)63-95(91)106(97)83-52-43-73(44-53-83)69-29-17-10-18-30-69/h7-57,59-65,76,98-99H,58H2,1-6H3. The molecule has 0 saturated carbocycles. The summed E-state index contributed by atoms with van der Waals surface area (Å²) >= 11 is 0. The number of nitrogens with zero attached hydrogens (tertiary/aromatic N) is 4. The number of hydrogen-bond donors (Lipinski definition) is 0. The Morgan fingerprint density at radius 3 is 1.27 bits per heavy atom. The Labute approximate surface area is 629 Å². The molecule has 3 atom stereocenters. The lowest BCUT2D eigenvalue weighted by Gasteiger charge is -2.48. The first-order valence-electron chi connectivity index (χ1n) is 38.1. The van der Waals surface area contributed by atoms with Crippen LogP contribution in [0.25, 0.3) is 77.6 Å². The SMILES string of the molecule is CC(C)(C)C1=CC2=CC(c3ccc4c(c3)N(c3ccc(-c5ccccc5)cc3)c3cc(N(c5ccc(-c6ccccc6)cc5)c5ccc(-c6ccccc6)cc5)cc5c3B4c3ccc(-n4c6ccccc6c6ccccc64)cc3N5c3ccc(-c4ccccc4)cc3)=C3C=C(C(C)(C)C)CC4C=CC(=C1)C2C34. The molecular formula is C102H81BN4. The Balaban J connectivity index is 0.887. The first kappa shape index (κ1) is 64.2. The van der Waals surface area contributed by atoms with E-state index in [4.69, 9.17) is 0 Å². The van der Waals surface area contributed by atoms with E-state index in [0.29, 0.717) is 17.8 Å². The second-order valence-corrected chi connectivity index (χ2v) is 32.0. The zero-order valence-electron chi connectivity index (χ0n) is 61.3. The van der Waals surface area contributed by atoms with Gasteiger partial charge in [-0.25, -0.2) is 0 Å². The molecule has 0 N–H and O–H groups in total. The quantitative estimate of drug-likeness (QED) is 0.120. The third kappa shape index (κ3) is 10.9. The smallest absolute Gasteiger partial charge is 0.252 e. The van der Waals surface area contributed by atoms with E-state index in [1.807, 2.05) is 0 Å². The molecule has 4 aliphatic carbocycles. The second-order valence-electron chi connectivity index (χ2n) is 32.0. The predicted octanol–water partition coefficient (Wildman–Crippen LogP) is 25.4. The summed E-state index contributed by atoms with van der Waals surface area (Å²) in [7, 11) is 0. The molecule has 0 amide bonds. The van der Waals surface area contributed by atoms with Crippen molar-refractivity contribution in [2.75, 3.05) is 14.7 Å². The summed E-state index contributed by atoms with van der Waals surface area (Å²) < 4.78 is 2.49. The number of fused-ring (bicyclic) bond motifs is 7. The van der Waals surface area contributed by atoms with E-state index >= 15 is 0 Å². The van der Waals surface area contributed by atoms with Crippen LogP contribution in [0.15, 0.2) is 380 Å². The Morgan fingerprint density at radius 2 is 0.785 bits per heavy atom. The van der Waals surface area contributed by atoms with E-state index in [1.54, 1.807) is 0 Å². The largest absolute Gasteiger partial charge is 0.311 e. The lowest BCUT2D eigenvalue weighted by atomic mass is 9.33. The van der Waals surface area contributed by atoms with Crippen LogP contribution >= 0.6 is 0 Å². The van der Waals surface area contributed by atoms with Crippen LogP contribution in [0.2, 0.25) is 0 Å². The zero-order chi connectivity index (χ0) is 71.8. The van der Waals surface area contributed by atoms with Crippen molar-refractivity contribution in [3.05, 3.63) is 385 Å². The second kappa shape index (κ2) is 25.1. The van der Waals surface area contributed by atoms with Gasteiger partial charge < -0.3 is 19.3 Å². The van der Waals surface area contributed by atoms with Gasteiger partial charge in [-0.3, -0.25) is 0 Å². The van der Waals surface area contributed by atoms with Crippen molar-refractivity contribution < 1.29 is 0 Å². The summed E-state index contributed by atoms with van der Waals surface area (Å²) in [5.41, 5.74) is 36.2. The Bertz CT molecular complexity index is 5940. The van der Waals surface area contributed by atoms with E-state index in [-0.39, 0.29) is 17.5 Å². The summed E-state index contributed by atoms with van der Waals surface area (Å²) in [6.45, 7) is 14.1. The zero-order valence-corrected chi connectivity index (χ0v) is 61.3. The lowest BCUT2D eigenvalue weighted by molar-refractivity contribution is 0.329. The topological polar surface area (TPSA) is 14.7 Å². The van der Waals surface area contributed by atoms with Gasteiger partial charge in [0.25, 0.3) is 6.71 Å². The number of para-hydroxylation sites is 2. The average molecular weight is 1370 g/mol. The molecule has 6 aliphatic rings. The molecule has 13 aromatic carbocycles. The minimum absolute atomic E-state index is 0.00403. The van der Waals surface area contributed by atoms with E-state index in [2.05, 4.69) is 413 Å². The maximum atomic E-state index is 2.65. The highest BCUT2D eigenvalue weighted by Gasteiger charge is 2.48.